The molecule has 0 saturated carbocycles. The minimum Gasteiger partial charge on any atom is -0.497 e. The van der Waals surface area contributed by atoms with Crippen LogP contribution in [0.4, 0.5) is 0 Å². The number of carbonyl (C=O) groups is 1. The molecule has 1 amide bonds. The van der Waals surface area contributed by atoms with E-state index in [1.54, 1.807) is 62.5 Å². The van der Waals surface area contributed by atoms with E-state index in [9.17, 15) is 9.90 Å². The summed E-state index contributed by atoms with van der Waals surface area (Å²) in [6, 6.07) is 6.57. The molecule has 0 aliphatic carbocycles. The van der Waals surface area contributed by atoms with E-state index in [0.29, 0.717) is 5.56 Å². The zero-order chi connectivity index (χ0) is 16.8. The largest absolute Gasteiger partial charge is 0.497 e. The van der Waals surface area contributed by atoms with Crippen LogP contribution >= 0.6 is 0 Å². The Morgan fingerprint density at radius 3 is 2.57 bits per heavy atom. The van der Waals surface area contributed by atoms with Crippen molar-refractivity contribution in [3.63, 3.8) is 0 Å². The van der Waals surface area contributed by atoms with Crippen LogP contribution in [0.25, 0.3) is 0 Å². The Morgan fingerprint density at radius 1 is 1.35 bits per heavy atom. The summed E-state index contributed by atoms with van der Waals surface area (Å²) in [7, 11) is 5.08. The third kappa shape index (κ3) is 4.30. The maximum absolute atomic E-state index is 12.3. The van der Waals surface area contributed by atoms with Crippen molar-refractivity contribution in [2.75, 3.05) is 20.7 Å². The number of aryl methyl sites for hydroxylation is 1. The lowest BCUT2D eigenvalue weighted by Gasteiger charge is -2.17. The lowest BCUT2D eigenvalue weighted by Crippen LogP contribution is -2.37. The molecule has 0 radical (unpaired) electrons. The molecule has 0 spiro atoms. The van der Waals surface area contributed by atoms with Gasteiger partial charge in [0.1, 0.15) is 11.8 Å². The van der Waals surface area contributed by atoms with Gasteiger partial charge in [-0.25, -0.2) is 0 Å². The Hall–Kier alpha value is -2.38. The second-order valence-corrected chi connectivity index (χ2v) is 5.20. The Labute approximate surface area is 135 Å². The van der Waals surface area contributed by atoms with Gasteiger partial charge in [0.2, 0.25) is 5.91 Å². The van der Waals surface area contributed by atoms with Gasteiger partial charge >= 0.3 is 0 Å². The standard InChI is InChI=1S/C16H22N4O3/c1-17-15(12-8-19-20(2)10-12)16(22)18-9-14(21)11-4-6-13(23-3)7-5-11/h4-8,10,14-15,17,21H,9H2,1-3H3,(H,18,22). The van der Waals surface area contributed by atoms with Crippen LogP contribution in [0.1, 0.15) is 23.3 Å². The molecule has 0 saturated heterocycles. The molecular weight excluding hydrogens is 296 g/mol. The van der Waals surface area contributed by atoms with Crippen LogP contribution in [0.5, 0.6) is 5.75 Å². The summed E-state index contributed by atoms with van der Waals surface area (Å²) in [6.07, 6.45) is 2.64. The fraction of sp³-hybridized carbons (Fsp3) is 0.375. The first-order chi connectivity index (χ1) is 11.0. The lowest BCUT2D eigenvalue weighted by molar-refractivity contribution is -0.123. The summed E-state index contributed by atoms with van der Waals surface area (Å²) >= 11 is 0. The van der Waals surface area contributed by atoms with Crippen LogP contribution < -0.4 is 15.4 Å². The number of aliphatic hydroxyl groups excluding tert-OH is 1. The number of nitrogens with one attached hydrogen (secondary N) is 2. The molecule has 124 valence electrons. The van der Waals surface area contributed by atoms with Gasteiger partial charge in [0, 0.05) is 25.4 Å². The normalized spacial score (nSPS) is 13.4. The molecule has 1 heterocycles. The van der Waals surface area contributed by atoms with E-state index in [2.05, 4.69) is 15.7 Å². The smallest absolute Gasteiger partial charge is 0.241 e. The summed E-state index contributed by atoms with van der Waals surface area (Å²) < 4.78 is 6.71. The van der Waals surface area contributed by atoms with Gasteiger partial charge in [-0.1, -0.05) is 12.1 Å². The van der Waals surface area contributed by atoms with Crippen LogP contribution in [0.2, 0.25) is 0 Å². The molecule has 3 N–H and O–H groups in total. The predicted octanol–water partition coefficient (Wildman–Crippen LogP) is 0.539. The highest BCUT2D eigenvalue weighted by Crippen LogP contribution is 2.17. The number of amides is 1. The van der Waals surface area contributed by atoms with E-state index < -0.39 is 12.1 Å². The second kappa shape index (κ2) is 7.75. The number of aromatic nitrogens is 2. The summed E-state index contributed by atoms with van der Waals surface area (Å²) in [5.74, 6) is 0.505. The van der Waals surface area contributed by atoms with Gasteiger partial charge in [-0.05, 0) is 24.7 Å². The molecule has 0 bridgehead atoms. The minimum absolute atomic E-state index is 0.129. The third-order valence-corrected chi connectivity index (χ3v) is 3.58. The molecule has 7 heteroatoms. The van der Waals surface area contributed by atoms with Crippen LogP contribution in [-0.4, -0.2) is 41.5 Å². The fourth-order valence-electron chi connectivity index (χ4n) is 2.28. The summed E-state index contributed by atoms with van der Waals surface area (Å²) in [6.45, 7) is 0.129. The topological polar surface area (TPSA) is 88.4 Å². The Balaban J connectivity index is 1.94. The van der Waals surface area contributed by atoms with Crippen molar-refractivity contribution in [1.29, 1.82) is 0 Å². The molecule has 1 aromatic carbocycles. The monoisotopic (exact) mass is 318 g/mol. The first-order valence-electron chi connectivity index (χ1n) is 7.30. The molecule has 2 rings (SSSR count). The summed E-state index contributed by atoms with van der Waals surface area (Å²) in [5, 5.41) is 19.9. The molecule has 0 aliphatic rings. The second-order valence-electron chi connectivity index (χ2n) is 5.20. The van der Waals surface area contributed by atoms with Crippen molar-refractivity contribution in [1.82, 2.24) is 20.4 Å². The number of hydrogen-bond acceptors (Lipinski definition) is 5. The molecule has 2 aromatic rings. The third-order valence-electron chi connectivity index (χ3n) is 3.58. The Morgan fingerprint density at radius 2 is 2.04 bits per heavy atom. The molecule has 7 nitrogen and oxygen atoms in total. The lowest BCUT2D eigenvalue weighted by atomic mass is 10.1. The quantitative estimate of drug-likeness (QED) is 0.693. The van der Waals surface area contributed by atoms with Gasteiger partial charge in [-0.15, -0.1) is 0 Å². The summed E-state index contributed by atoms with van der Waals surface area (Å²) in [5.41, 5.74) is 1.49. The zero-order valence-corrected chi connectivity index (χ0v) is 13.5. The number of rotatable bonds is 7. The molecule has 2 atom stereocenters. The number of methoxy groups -OCH3 is 1. The van der Waals surface area contributed by atoms with Gasteiger partial charge in [-0.3, -0.25) is 9.48 Å². The number of benzene rings is 1. The van der Waals surface area contributed by atoms with Crippen molar-refractivity contribution < 1.29 is 14.6 Å². The van der Waals surface area contributed by atoms with Gasteiger partial charge in [0.15, 0.2) is 0 Å². The van der Waals surface area contributed by atoms with Gasteiger partial charge in [0.25, 0.3) is 0 Å². The number of carbonyl (C=O) groups excluding carboxylic acids is 1. The molecule has 0 fully saturated rings. The van der Waals surface area contributed by atoms with Gasteiger partial charge < -0.3 is 20.5 Å². The Kier molecular flexibility index (Phi) is 5.72. The molecule has 1 aromatic heterocycles. The average molecular weight is 318 g/mol. The first-order valence-corrected chi connectivity index (χ1v) is 7.30. The number of ether oxygens (including phenoxy) is 1. The van der Waals surface area contributed by atoms with E-state index in [1.807, 2.05) is 0 Å². The maximum Gasteiger partial charge on any atom is 0.241 e. The van der Waals surface area contributed by atoms with Crippen LogP contribution in [-0.2, 0) is 11.8 Å². The van der Waals surface area contributed by atoms with Crippen LogP contribution in [0.15, 0.2) is 36.7 Å². The average Bonchev–Trinajstić information content (AvgIpc) is 2.99. The van der Waals surface area contributed by atoms with Gasteiger partial charge in [-0.2, -0.15) is 5.10 Å². The predicted molar refractivity (Wildman–Crippen MR) is 86.0 cm³/mol. The van der Waals surface area contributed by atoms with E-state index >= 15 is 0 Å². The van der Waals surface area contributed by atoms with E-state index in [0.717, 1.165) is 11.3 Å². The molecule has 2 unspecified atom stereocenters. The highest BCUT2D eigenvalue weighted by Gasteiger charge is 2.20. The van der Waals surface area contributed by atoms with E-state index in [-0.39, 0.29) is 12.5 Å². The van der Waals surface area contributed by atoms with E-state index in [1.165, 1.54) is 0 Å². The van der Waals surface area contributed by atoms with Crippen molar-refractivity contribution in [3.8, 4) is 5.75 Å². The summed E-state index contributed by atoms with van der Waals surface area (Å²) in [4.78, 5) is 12.3. The number of nitrogens with zero attached hydrogens (tertiary/aromatic N) is 2. The Bertz CT molecular complexity index is 639. The van der Waals surface area contributed by atoms with Gasteiger partial charge in [0.05, 0.1) is 19.4 Å². The van der Waals surface area contributed by atoms with Crippen LogP contribution in [0, 0.1) is 0 Å². The van der Waals surface area contributed by atoms with Crippen molar-refractivity contribution >= 4 is 5.91 Å². The number of hydrogen-bond donors (Lipinski definition) is 3. The zero-order valence-electron chi connectivity index (χ0n) is 13.5. The van der Waals surface area contributed by atoms with Crippen LogP contribution in [0.3, 0.4) is 0 Å². The van der Waals surface area contributed by atoms with Crippen molar-refractivity contribution in [2.24, 2.45) is 7.05 Å². The SMILES string of the molecule is CNC(C(=O)NCC(O)c1ccc(OC)cc1)c1cnn(C)c1. The molecule has 23 heavy (non-hydrogen) atoms. The molecular formula is C16H22N4O3. The van der Waals surface area contributed by atoms with Crippen molar-refractivity contribution in [2.45, 2.75) is 12.1 Å². The first kappa shape index (κ1) is 17.0. The number of aliphatic hydroxyl groups is 1. The van der Waals surface area contributed by atoms with Crippen molar-refractivity contribution in [3.05, 3.63) is 47.8 Å². The van der Waals surface area contributed by atoms with E-state index in [4.69, 9.17) is 4.74 Å². The molecule has 0 aliphatic heterocycles. The highest BCUT2D eigenvalue weighted by molar-refractivity contribution is 5.83. The fourth-order valence-corrected chi connectivity index (χ4v) is 2.28. The maximum atomic E-state index is 12.3. The minimum atomic E-state index is -0.781. The number of likely N-dealkylation sites (N-methyl/N-ethyl adjacent to an activating group) is 1. The highest BCUT2D eigenvalue weighted by atomic mass is 16.5.